The molecule has 2 aliphatic heterocycles. The lowest BCUT2D eigenvalue weighted by atomic mass is 9.66. The van der Waals surface area contributed by atoms with Gasteiger partial charge >= 0.3 is 0 Å². The van der Waals surface area contributed by atoms with Gasteiger partial charge in [-0.2, -0.15) is 4.57 Å². The summed E-state index contributed by atoms with van der Waals surface area (Å²) in [7, 11) is 2.16. The van der Waals surface area contributed by atoms with Gasteiger partial charge in [-0.15, -0.1) is 0 Å². The summed E-state index contributed by atoms with van der Waals surface area (Å²) in [6.07, 6.45) is 4.40. The summed E-state index contributed by atoms with van der Waals surface area (Å²) >= 11 is 0. The van der Waals surface area contributed by atoms with Crippen molar-refractivity contribution in [2.45, 2.75) is 71.3 Å². The number of hydrogen-bond acceptors (Lipinski definition) is 1. The van der Waals surface area contributed by atoms with E-state index in [1.807, 2.05) is 0 Å². The van der Waals surface area contributed by atoms with Crippen LogP contribution in [0.2, 0.25) is 0 Å². The summed E-state index contributed by atoms with van der Waals surface area (Å²) in [6, 6.07) is 34.2. The fourth-order valence-electron chi connectivity index (χ4n) is 7.34. The van der Waals surface area contributed by atoms with Crippen LogP contribution in [0, 0.1) is 0 Å². The van der Waals surface area contributed by atoms with Crippen LogP contribution in [0.1, 0.15) is 70.7 Å². The largest absolute Gasteiger partial charge is 0.310 e. The molecule has 3 aromatic carbocycles. The fourth-order valence-corrected chi connectivity index (χ4v) is 7.34. The van der Waals surface area contributed by atoms with Crippen LogP contribution in [-0.4, -0.2) is 0 Å². The third kappa shape index (κ3) is 4.24. The van der Waals surface area contributed by atoms with Gasteiger partial charge in [0.2, 0.25) is 11.4 Å². The van der Waals surface area contributed by atoms with Gasteiger partial charge in [-0.3, -0.25) is 0 Å². The van der Waals surface area contributed by atoms with Crippen molar-refractivity contribution < 1.29 is 9.13 Å². The summed E-state index contributed by atoms with van der Waals surface area (Å²) in [5.41, 5.74) is 14.2. The minimum atomic E-state index is -0.231. The molecule has 1 unspecified atom stereocenters. The Labute approximate surface area is 257 Å². The van der Waals surface area contributed by atoms with E-state index in [4.69, 9.17) is 0 Å². The predicted octanol–water partition coefficient (Wildman–Crippen LogP) is 8.83. The smallest absolute Gasteiger partial charge is 0.212 e. The van der Waals surface area contributed by atoms with E-state index in [2.05, 4.69) is 173 Å². The van der Waals surface area contributed by atoms with E-state index >= 15 is 0 Å². The monoisotopic (exact) mass is 565 g/mol. The molecule has 43 heavy (non-hydrogen) atoms. The molecule has 0 saturated carbocycles. The average Bonchev–Trinajstić information content (AvgIpc) is 2.96. The Hall–Kier alpha value is -4.24. The molecule has 0 N–H and O–H groups in total. The second-order valence-electron chi connectivity index (χ2n) is 14.7. The van der Waals surface area contributed by atoms with E-state index in [0.717, 1.165) is 6.54 Å². The zero-order valence-electron chi connectivity index (χ0n) is 26.9. The lowest BCUT2D eigenvalue weighted by Crippen LogP contribution is -2.52. The molecular formula is C40H43N3+2. The Balaban J connectivity index is 1.62. The van der Waals surface area contributed by atoms with Crippen LogP contribution < -0.4 is 14.0 Å². The molecule has 7 rings (SSSR count). The number of anilines is 3. The van der Waals surface area contributed by atoms with E-state index < -0.39 is 0 Å². The quantitative estimate of drug-likeness (QED) is 0.195. The van der Waals surface area contributed by atoms with Crippen LogP contribution in [0.4, 0.5) is 17.1 Å². The molecule has 2 aliphatic rings. The molecule has 2 aromatic heterocycles. The maximum atomic E-state index is 2.56. The molecule has 1 atom stereocenters. The molecule has 3 nitrogen and oxygen atoms in total. The summed E-state index contributed by atoms with van der Waals surface area (Å²) < 4.78 is 4.71. The van der Waals surface area contributed by atoms with Crippen molar-refractivity contribution >= 4 is 17.1 Å². The summed E-state index contributed by atoms with van der Waals surface area (Å²) in [5, 5.41) is 0. The van der Waals surface area contributed by atoms with Gasteiger partial charge in [0, 0.05) is 41.1 Å². The lowest BCUT2D eigenvalue weighted by molar-refractivity contribution is -0.695. The number of fused-ring (bicyclic) bond motifs is 4. The van der Waals surface area contributed by atoms with Gasteiger partial charge < -0.3 is 4.90 Å². The second-order valence-corrected chi connectivity index (χ2v) is 14.7. The second kappa shape index (κ2) is 9.38. The molecule has 0 fully saturated rings. The van der Waals surface area contributed by atoms with Crippen LogP contribution in [-0.2, 0) is 29.8 Å². The van der Waals surface area contributed by atoms with Gasteiger partial charge in [-0.05, 0) is 77.4 Å². The van der Waals surface area contributed by atoms with Crippen LogP contribution in [0.15, 0.2) is 103 Å². The zero-order valence-corrected chi connectivity index (χ0v) is 26.9. The van der Waals surface area contributed by atoms with Crippen molar-refractivity contribution in [1.82, 2.24) is 0 Å². The van der Waals surface area contributed by atoms with Crippen molar-refractivity contribution in [2.75, 3.05) is 4.90 Å². The van der Waals surface area contributed by atoms with Crippen molar-refractivity contribution in [3.8, 4) is 22.5 Å². The van der Waals surface area contributed by atoms with Crippen molar-refractivity contribution in [3.63, 3.8) is 0 Å². The summed E-state index contributed by atoms with van der Waals surface area (Å²) in [5.74, 6) is 0. The molecule has 0 radical (unpaired) electrons. The molecule has 0 amide bonds. The first-order chi connectivity index (χ1) is 20.4. The van der Waals surface area contributed by atoms with E-state index in [9.17, 15) is 0 Å². The highest BCUT2D eigenvalue weighted by molar-refractivity contribution is 5.93. The van der Waals surface area contributed by atoms with E-state index in [1.165, 1.54) is 61.8 Å². The molecule has 4 heterocycles. The highest BCUT2D eigenvalue weighted by atomic mass is 15.2. The fraction of sp³-hybridized carbons (Fsp3) is 0.300. The highest BCUT2D eigenvalue weighted by Gasteiger charge is 2.50. The molecule has 0 spiro atoms. The summed E-state index contributed by atoms with van der Waals surface area (Å²) in [4.78, 5) is 2.56. The van der Waals surface area contributed by atoms with Crippen molar-refractivity contribution in [2.24, 2.45) is 7.05 Å². The predicted molar refractivity (Wildman–Crippen MR) is 177 cm³/mol. The third-order valence-electron chi connectivity index (χ3n) is 9.61. The number of nitrogens with zero attached hydrogens (tertiary/aromatic N) is 3. The molecule has 216 valence electrons. The van der Waals surface area contributed by atoms with Gasteiger partial charge in [-0.25, -0.2) is 4.57 Å². The Morgan fingerprint density at radius 1 is 0.628 bits per heavy atom. The minimum absolute atomic E-state index is 0.0223. The Morgan fingerprint density at radius 3 is 1.72 bits per heavy atom. The van der Waals surface area contributed by atoms with Crippen molar-refractivity contribution in [1.29, 1.82) is 0 Å². The molecule has 0 aliphatic carbocycles. The Kier molecular flexibility index (Phi) is 6.02. The van der Waals surface area contributed by atoms with Crippen LogP contribution >= 0.6 is 0 Å². The molecular weight excluding hydrogens is 522 g/mol. The summed E-state index contributed by atoms with van der Waals surface area (Å²) in [6.45, 7) is 17.3. The standard InChI is InChI=1S/C40H43N3/c1-38(2,3)27-23-28(39(4,5)6)25-29(24-27)43-34-19-13-15-30(32-17-9-11-21-41(32)8)36(34)40(7)26-42-22-12-10-18-33(42)31-16-14-20-35(43)37(31)40/h9-25H,26H2,1-8H3/q+2. The highest BCUT2D eigenvalue weighted by Crippen LogP contribution is 2.58. The van der Waals surface area contributed by atoms with Gasteiger partial charge in [0.15, 0.2) is 18.9 Å². The van der Waals surface area contributed by atoms with Crippen molar-refractivity contribution in [3.05, 3.63) is 126 Å². The lowest BCUT2D eigenvalue weighted by Gasteiger charge is -2.45. The van der Waals surface area contributed by atoms with Crippen LogP contribution in [0.5, 0.6) is 0 Å². The normalized spacial score (nSPS) is 17.3. The first-order valence-electron chi connectivity index (χ1n) is 15.5. The number of aromatic nitrogens is 2. The van der Waals surface area contributed by atoms with E-state index in [1.54, 1.807) is 0 Å². The topological polar surface area (TPSA) is 11.0 Å². The van der Waals surface area contributed by atoms with E-state index in [0.29, 0.717) is 0 Å². The Morgan fingerprint density at radius 2 is 1.16 bits per heavy atom. The first kappa shape index (κ1) is 27.6. The third-order valence-corrected chi connectivity index (χ3v) is 9.61. The Bertz CT molecular complexity index is 1870. The van der Waals surface area contributed by atoms with Gasteiger partial charge in [0.25, 0.3) is 0 Å². The average molecular weight is 566 g/mol. The van der Waals surface area contributed by atoms with Crippen LogP contribution in [0.3, 0.4) is 0 Å². The number of aryl methyl sites for hydroxylation is 1. The number of hydrogen-bond donors (Lipinski definition) is 0. The van der Waals surface area contributed by atoms with Gasteiger partial charge in [-0.1, -0.05) is 59.7 Å². The molecule has 5 aromatic rings. The maximum absolute atomic E-state index is 2.56. The SMILES string of the molecule is C[n+]1ccccc1-c1cccc2c1C1(C)C[n+]3ccccc3-c3cccc(c31)N2c1cc(C(C)(C)C)cc(C(C)(C)C)c1. The number of rotatable bonds is 2. The first-order valence-corrected chi connectivity index (χ1v) is 15.5. The zero-order chi connectivity index (χ0) is 30.3. The minimum Gasteiger partial charge on any atom is -0.310 e. The maximum Gasteiger partial charge on any atom is 0.212 e. The number of pyridine rings is 2. The molecule has 3 heteroatoms. The molecule has 0 bridgehead atoms. The number of benzene rings is 3. The molecule has 0 saturated heterocycles. The van der Waals surface area contributed by atoms with Crippen LogP contribution in [0.25, 0.3) is 22.5 Å². The van der Waals surface area contributed by atoms with E-state index in [-0.39, 0.29) is 16.2 Å². The van der Waals surface area contributed by atoms with Gasteiger partial charge in [0.1, 0.15) is 7.05 Å². The van der Waals surface area contributed by atoms with Gasteiger partial charge in [0.05, 0.1) is 27.9 Å².